The standard InChI is InChI=1S/C13H12F2N2O/c1-8(2)17-13(18)10(7-16)6-9-4-3-5-11(14)12(9)15/h3-6,8H,1-2H3,(H,17,18)/b10-6-. The second-order valence-corrected chi connectivity index (χ2v) is 3.94. The van der Waals surface area contributed by atoms with Crippen LogP contribution in [0, 0.1) is 23.0 Å². The molecule has 0 bridgehead atoms. The van der Waals surface area contributed by atoms with Crippen molar-refractivity contribution in [2.45, 2.75) is 19.9 Å². The maximum absolute atomic E-state index is 13.4. The fourth-order valence-corrected chi connectivity index (χ4v) is 1.28. The van der Waals surface area contributed by atoms with E-state index >= 15 is 0 Å². The van der Waals surface area contributed by atoms with Gasteiger partial charge in [-0.1, -0.05) is 12.1 Å². The number of nitrogens with zero attached hydrogens (tertiary/aromatic N) is 1. The molecule has 0 unspecified atom stereocenters. The zero-order chi connectivity index (χ0) is 13.7. The molecule has 5 heteroatoms. The number of hydrogen-bond acceptors (Lipinski definition) is 2. The van der Waals surface area contributed by atoms with Crippen LogP contribution in [-0.2, 0) is 4.79 Å². The average Bonchev–Trinajstić information content (AvgIpc) is 2.30. The quantitative estimate of drug-likeness (QED) is 0.661. The SMILES string of the molecule is CC(C)NC(=O)/C(C#N)=C\c1cccc(F)c1F. The van der Waals surface area contributed by atoms with E-state index in [0.29, 0.717) is 0 Å². The molecule has 0 heterocycles. The first-order chi connectivity index (χ1) is 8.45. The second-order valence-electron chi connectivity index (χ2n) is 3.94. The summed E-state index contributed by atoms with van der Waals surface area (Å²) in [7, 11) is 0. The van der Waals surface area contributed by atoms with Crippen molar-refractivity contribution in [3.05, 3.63) is 41.0 Å². The van der Waals surface area contributed by atoms with Gasteiger partial charge >= 0.3 is 0 Å². The Balaban J connectivity index is 3.09. The molecule has 0 atom stereocenters. The highest BCUT2D eigenvalue weighted by atomic mass is 19.2. The third-order valence-electron chi connectivity index (χ3n) is 2.07. The normalized spacial score (nSPS) is 11.2. The number of nitriles is 1. The lowest BCUT2D eigenvalue weighted by atomic mass is 10.1. The Kier molecular flexibility index (Phi) is 4.55. The smallest absolute Gasteiger partial charge is 0.262 e. The molecule has 0 aromatic heterocycles. The van der Waals surface area contributed by atoms with Gasteiger partial charge in [-0.05, 0) is 26.0 Å². The first-order valence-electron chi connectivity index (χ1n) is 5.32. The summed E-state index contributed by atoms with van der Waals surface area (Å²) in [6.45, 7) is 3.46. The molecule has 0 radical (unpaired) electrons. The van der Waals surface area contributed by atoms with Crippen LogP contribution in [0.25, 0.3) is 6.08 Å². The van der Waals surface area contributed by atoms with Gasteiger partial charge in [-0.15, -0.1) is 0 Å². The molecule has 1 amide bonds. The molecule has 0 aliphatic heterocycles. The third-order valence-corrected chi connectivity index (χ3v) is 2.07. The fourth-order valence-electron chi connectivity index (χ4n) is 1.28. The summed E-state index contributed by atoms with van der Waals surface area (Å²) in [6, 6.07) is 5.08. The Morgan fingerprint density at radius 1 is 1.44 bits per heavy atom. The Labute approximate surface area is 104 Å². The monoisotopic (exact) mass is 250 g/mol. The fraction of sp³-hybridized carbons (Fsp3) is 0.231. The van der Waals surface area contributed by atoms with E-state index in [1.165, 1.54) is 12.1 Å². The summed E-state index contributed by atoms with van der Waals surface area (Å²) >= 11 is 0. The molecule has 1 N–H and O–H groups in total. The number of rotatable bonds is 3. The van der Waals surface area contributed by atoms with Crippen molar-refractivity contribution in [3.8, 4) is 6.07 Å². The van der Waals surface area contributed by atoms with Crippen LogP contribution in [0.5, 0.6) is 0 Å². The molecule has 0 saturated heterocycles. The summed E-state index contributed by atoms with van der Waals surface area (Å²) < 4.78 is 26.3. The van der Waals surface area contributed by atoms with E-state index in [0.717, 1.165) is 12.1 Å². The van der Waals surface area contributed by atoms with Gasteiger partial charge in [0.25, 0.3) is 5.91 Å². The lowest BCUT2D eigenvalue weighted by molar-refractivity contribution is -0.117. The van der Waals surface area contributed by atoms with E-state index in [1.54, 1.807) is 19.9 Å². The molecule has 1 rings (SSSR count). The summed E-state index contributed by atoms with van der Waals surface area (Å²) in [5.74, 6) is -2.72. The zero-order valence-corrected chi connectivity index (χ0v) is 10.00. The lowest BCUT2D eigenvalue weighted by Crippen LogP contribution is -2.30. The Bertz CT molecular complexity index is 530. The maximum Gasteiger partial charge on any atom is 0.262 e. The van der Waals surface area contributed by atoms with Crippen LogP contribution >= 0.6 is 0 Å². The van der Waals surface area contributed by atoms with Crippen molar-refractivity contribution in [2.24, 2.45) is 0 Å². The van der Waals surface area contributed by atoms with Crippen LogP contribution in [-0.4, -0.2) is 11.9 Å². The summed E-state index contributed by atoms with van der Waals surface area (Å²) in [4.78, 5) is 11.6. The van der Waals surface area contributed by atoms with E-state index in [4.69, 9.17) is 5.26 Å². The minimum absolute atomic E-state index is 0.134. The van der Waals surface area contributed by atoms with Crippen LogP contribution in [0.2, 0.25) is 0 Å². The summed E-state index contributed by atoms with van der Waals surface area (Å²) in [5.41, 5.74) is -0.404. The van der Waals surface area contributed by atoms with Gasteiger partial charge in [-0.25, -0.2) is 8.78 Å². The molecular weight excluding hydrogens is 238 g/mol. The number of amides is 1. The van der Waals surface area contributed by atoms with Gasteiger partial charge in [0, 0.05) is 11.6 Å². The number of halogens is 2. The Morgan fingerprint density at radius 3 is 2.67 bits per heavy atom. The third kappa shape index (κ3) is 3.39. The Hall–Kier alpha value is -2.22. The van der Waals surface area contributed by atoms with E-state index in [-0.39, 0.29) is 17.2 Å². The minimum Gasteiger partial charge on any atom is -0.349 e. The second kappa shape index (κ2) is 5.92. The van der Waals surface area contributed by atoms with Crippen LogP contribution < -0.4 is 5.32 Å². The molecule has 3 nitrogen and oxygen atoms in total. The molecule has 0 aliphatic carbocycles. The van der Waals surface area contributed by atoms with Gasteiger partial charge in [-0.3, -0.25) is 4.79 Å². The number of benzene rings is 1. The predicted molar refractivity (Wildman–Crippen MR) is 63.2 cm³/mol. The van der Waals surface area contributed by atoms with Crippen molar-refractivity contribution in [1.82, 2.24) is 5.32 Å². The van der Waals surface area contributed by atoms with Gasteiger partial charge in [0.1, 0.15) is 11.6 Å². The zero-order valence-electron chi connectivity index (χ0n) is 10.00. The highest BCUT2D eigenvalue weighted by Crippen LogP contribution is 2.14. The summed E-state index contributed by atoms with van der Waals surface area (Å²) in [6.07, 6.45) is 1.02. The van der Waals surface area contributed by atoms with E-state index in [9.17, 15) is 13.6 Å². The van der Waals surface area contributed by atoms with Crippen LogP contribution in [0.1, 0.15) is 19.4 Å². The number of carbonyl (C=O) groups is 1. The molecule has 0 aliphatic rings. The summed E-state index contributed by atoms with van der Waals surface area (Å²) in [5, 5.41) is 11.3. The Morgan fingerprint density at radius 2 is 2.11 bits per heavy atom. The number of carbonyl (C=O) groups excluding carboxylic acids is 1. The largest absolute Gasteiger partial charge is 0.349 e. The number of hydrogen-bond donors (Lipinski definition) is 1. The molecule has 0 saturated carbocycles. The van der Waals surface area contributed by atoms with Gasteiger partial charge in [-0.2, -0.15) is 5.26 Å². The van der Waals surface area contributed by atoms with Gasteiger partial charge in [0.05, 0.1) is 0 Å². The van der Waals surface area contributed by atoms with Crippen LogP contribution in [0.3, 0.4) is 0 Å². The van der Waals surface area contributed by atoms with E-state index < -0.39 is 17.5 Å². The molecule has 18 heavy (non-hydrogen) atoms. The van der Waals surface area contributed by atoms with Crippen LogP contribution in [0.4, 0.5) is 8.78 Å². The van der Waals surface area contributed by atoms with Gasteiger partial charge in [0.15, 0.2) is 11.6 Å². The average molecular weight is 250 g/mol. The number of nitrogens with one attached hydrogen (secondary N) is 1. The molecule has 1 aromatic carbocycles. The first kappa shape index (κ1) is 13.8. The van der Waals surface area contributed by atoms with Crippen molar-refractivity contribution in [2.75, 3.05) is 0 Å². The van der Waals surface area contributed by atoms with E-state index in [2.05, 4.69) is 5.32 Å². The molecule has 0 spiro atoms. The van der Waals surface area contributed by atoms with Crippen molar-refractivity contribution < 1.29 is 13.6 Å². The van der Waals surface area contributed by atoms with E-state index in [1.807, 2.05) is 0 Å². The minimum atomic E-state index is -1.08. The maximum atomic E-state index is 13.4. The van der Waals surface area contributed by atoms with Crippen molar-refractivity contribution in [1.29, 1.82) is 5.26 Å². The highest BCUT2D eigenvalue weighted by Gasteiger charge is 2.12. The predicted octanol–water partition coefficient (Wildman–Crippen LogP) is 2.40. The molecule has 94 valence electrons. The van der Waals surface area contributed by atoms with Crippen molar-refractivity contribution in [3.63, 3.8) is 0 Å². The van der Waals surface area contributed by atoms with Crippen molar-refractivity contribution >= 4 is 12.0 Å². The molecular formula is C13H12F2N2O. The highest BCUT2D eigenvalue weighted by molar-refractivity contribution is 6.01. The molecule has 1 aromatic rings. The van der Waals surface area contributed by atoms with Gasteiger partial charge < -0.3 is 5.32 Å². The van der Waals surface area contributed by atoms with Crippen LogP contribution in [0.15, 0.2) is 23.8 Å². The van der Waals surface area contributed by atoms with Gasteiger partial charge in [0.2, 0.25) is 0 Å². The lowest BCUT2D eigenvalue weighted by Gasteiger charge is -2.07. The first-order valence-corrected chi connectivity index (χ1v) is 5.32. The topological polar surface area (TPSA) is 52.9 Å². The molecule has 0 fully saturated rings.